The van der Waals surface area contributed by atoms with E-state index in [0.29, 0.717) is 11.3 Å². The number of carbonyl (C=O) groups excluding carboxylic acids is 1. The number of phenols is 1. The third-order valence-electron chi connectivity index (χ3n) is 3.27. The molecule has 20 heavy (non-hydrogen) atoms. The molecule has 1 amide bonds. The maximum atomic E-state index is 12.0. The molecule has 0 saturated carbocycles. The number of amides is 1. The fourth-order valence-corrected chi connectivity index (χ4v) is 1.85. The number of aliphatic hydroxyl groups excluding tert-OH is 1. The van der Waals surface area contributed by atoms with Crippen LogP contribution in [0.1, 0.15) is 33.3 Å². The second kappa shape index (κ2) is 5.79. The molecule has 2 rings (SSSR count). The molecule has 2 aromatic rings. The number of phenolic OH excluding ortho intramolecular Hbond substituents is 1. The summed E-state index contributed by atoms with van der Waals surface area (Å²) in [5.41, 5.74) is 1.78. The Morgan fingerprint density at radius 1 is 1.35 bits per heavy atom. The lowest BCUT2D eigenvalue weighted by atomic mass is 10.0. The van der Waals surface area contributed by atoms with Crippen LogP contribution in [0.5, 0.6) is 5.75 Å². The van der Waals surface area contributed by atoms with Gasteiger partial charge in [-0.2, -0.15) is 0 Å². The van der Waals surface area contributed by atoms with Crippen molar-refractivity contribution < 1.29 is 19.4 Å². The highest BCUT2D eigenvalue weighted by Crippen LogP contribution is 2.24. The van der Waals surface area contributed by atoms with Crippen LogP contribution in [0.2, 0.25) is 0 Å². The van der Waals surface area contributed by atoms with Crippen LogP contribution in [0.25, 0.3) is 0 Å². The maximum Gasteiger partial charge on any atom is 0.255 e. The summed E-state index contributed by atoms with van der Waals surface area (Å²) in [5.74, 6) is -0.0826. The lowest BCUT2D eigenvalue weighted by Gasteiger charge is -2.12. The van der Waals surface area contributed by atoms with Crippen LogP contribution in [-0.4, -0.2) is 22.7 Å². The van der Waals surface area contributed by atoms with E-state index in [-0.39, 0.29) is 17.9 Å². The SMILES string of the molecule is Cc1ccc(C(=O)NCC(O)c2ccco2)c(O)c1C. The molecule has 0 saturated heterocycles. The van der Waals surface area contributed by atoms with Crippen molar-refractivity contribution in [3.63, 3.8) is 0 Å². The number of carbonyl (C=O) groups is 1. The van der Waals surface area contributed by atoms with E-state index in [1.807, 2.05) is 6.92 Å². The van der Waals surface area contributed by atoms with E-state index in [1.165, 1.54) is 6.26 Å². The highest BCUT2D eigenvalue weighted by atomic mass is 16.4. The van der Waals surface area contributed by atoms with Gasteiger partial charge in [0.2, 0.25) is 0 Å². The third kappa shape index (κ3) is 2.83. The number of hydrogen-bond donors (Lipinski definition) is 3. The first-order valence-corrected chi connectivity index (χ1v) is 6.29. The standard InChI is InChI=1S/C15H17NO4/c1-9-5-6-11(14(18)10(9)2)15(19)16-8-12(17)13-4-3-7-20-13/h3-7,12,17-18H,8H2,1-2H3,(H,16,19). The molecule has 0 aliphatic rings. The molecule has 1 atom stereocenters. The first kappa shape index (κ1) is 14.1. The molecule has 106 valence electrons. The van der Waals surface area contributed by atoms with Crippen LogP contribution in [0, 0.1) is 13.8 Å². The molecule has 0 spiro atoms. The monoisotopic (exact) mass is 275 g/mol. The van der Waals surface area contributed by atoms with Gasteiger partial charge < -0.3 is 19.9 Å². The Morgan fingerprint density at radius 3 is 2.75 bits per heavy atom. The Kier molecular flexibility index (Phi) is 4.10. The van der Waals surface area contributed by atoms with E-state index >= 15 is 0 Å². The van der Waals surface area contributed by atoms with Gasteiger partial charge in [-0.3, -0.25) is 4.79 Å². The molecule has 0 aliphatic carbocycles. The Balaban J connectivity index is 2.04. The second-order valence-corrected chi connectivity index (χ2v) is 4.64. The normalized spacial score (nSPS) is 12.2. The van der Waals surface area contributed by atoms with E-state index in [4.69, 9.17) is 4.42 Å². The number of aryl methyl sites for hydroxylation is 1. The van der Waals surface area contributed by atoms with Crippen LogP contribution in [-0.2, 0) is 0 Å². The average Bonchev–Trinajstić information content (AvgIpc) is 2.96. The summed E-state index contributed by atoms with van der Waals surface area (Å²) in [5, 5.41) is 22.3. The van der Waals surface area contributed by atoms with Gasteiger partial charge >= 0.3 is 0 Å². The summed E-state index contributed by atoms with van der Waals surface area (Å²) < 4.78 is 5.04. The van der Waals surface area contributed by atoms with Crippen molar-refractivity contribution >= 4 is 5.91 Å². The molecular weight excluding hydrogens is 258 g/mol. The van der Waals surface area contributed by atoms with Gasteiger partial charge in [-0.25, -0.2) is 0 Å². The molecule has 1 aromatic heterocycles. The zero-order valence-corrected chi connectivity index (χ0v) is 11.4. The van der Waals surface area contributed by atoms with Gasteiger partial charge in [-0.1, -0.05) is 6.07 Å². The van der Waals surface area contributed by atoms with E-state index < -0.39 is 12.0 Å². The van der Waals surface area contributed by atoms with Gasteiger partial charge in [0.1, 0.15) is 17.6 Å². The predicted octanol–water partition coefficient (Wildman–Crippen LogP) is 2.07. The summed E-state index contributed by atoms with van der Waals surface area (Å²) in [7, 11) is 0. The summed E-state index contributed by atoms with van der Waals surface area (Å²) >= 11 is 0. The minimum Gasteiger partial charge on any atom is -0.507 e. The zero-order valence-electron chi connectivity index (χ0n) is 11.4. The van der Waals surface area contributed by atoms with Gasteiger partial charge in [-0.15, -0.1) is 0 Å². The molecule has 1 unspecified atom stereocenters. The van der Waals surface area contributed by atoms with Gasteiger partial charge in [0, 0.05) is 0 Å². The van der Waals surface area contributed by atoms with Crippen LogP contribution in [0.3, 0.4) is 0 Å². The number of hydrogen-bond acceptors (Lipinski definition) is 4. The summed E-state index contributed by atoms with van der Waals surface area (Å²) in [6, 6.07) is 6.62. The number of furan rings is 1. The van der Waals surface area contributed by atoms with Crippen molar-refractivity contribution in [3.05, 3.63) is 53.0 Å². The molecule has 0 fully saturated rings. The molecule has 5 heteroatoms. The number of rotatable bonds is 4. The quantitative estimate of drug-likeness (QED) is 0.797. The molecule has 1 heterocycles. The summed E-state index contributed by atoms with van der Waals surface area (Å²) in [4.78, 5) is 12.0. The Hall–Kier alpha value is -2.27. The topological polar surface area (TPSA) is 82.7 Å². The predicted molar refractivity (Wildman–Crippen MR) is 73.6 cm³/mol. The Morgan fingerprint density at radius 2 is 2.10 bits per heavy atom. The van der Waals surface area contributed by atoms with Gasteiger partial charge in [-0.05, 0) is 43.2 Å². The minimum atomic E-state index is -0.914. The van der Waals surface area contributed by atoms with Gasteiger partial charge in [0.25, 0.3) is 5.91 Å². The molecule has 0 radical (unpaired) electrons. The summed E-state index contributed by atoms with van der Waals surface area (Å²) in [6.45, 7) is 3.62. The van der Waals surface area contributed by atoms with E-state index in [9.17, 15) is 15.0 Å². The molecule has 0 bridgehead atoms. The molecule has 0 aliphatic heterocycles. The Bertz CT molecular complexity index is 605. The van der Waals surface area contributed by atoms with Crippen LogP contribution < -0.4 is 5.32 Å². The summed E-state index contributed by atoms with van der Waals surface area (Å²) in [6.07, 6.45) is 0.540. The van der Waals surface area contributed by atoms with E-state index in [2.05, 4.69) is 5.32 Å². The number of aromatic hydroxyl groups is 1. The lowest BCUT2D eigenvalue weighted by molar-refractivity contribution is 0.0898. The smallest absolute Gasteiger partial charge is 0.255 e. The van der Waals surface area contributed by atoms with Crippen molar-refractivity contribution in [3.8, 4) is 5.75 Å². The average molecular weight is 275 g/mol. The highest BCUT2D eigenvalue weighted by molar-refractivity contribution is 5.97. The first-order valence-electron chi connectivity index (χ1n) is 6.29. The lowest BCUT2D eigenvalue weighted by Crippen LogP contribution is -2.28. The van der Waals surface area contributed by atoms with Crippen molar-refractivity contribution in [2.75, 3.05) is 6.54 Å². The van der Waals surface area contributed by atoms with Gasteiger partial charge in [0.15, 0.2) is 0 Å². The fourth-order valence-electron chi connectivity index (χ4n) is 1.85. The van der Waals surface area contributed by atoms with E-state index in [1.54, 1.807) is 31.2 Å². The molecule has 1 aromatic carbocycles. The first-order chi connectivity index (χ1) is 9.50. The van der Waals surface area contributed by atoms with Gasteiger partial charge in [0.05, 0.1) is 18.4 Å². The van der Waals surface area contributed by atoms with Crippen LogP contribution in [0.4, 0.5) is 0 Å². The highest BCUT2D eigenvalue weighted by Gasteiger charge is 2.16. The minimum absolute atomic E-state index is 0.0126. The molecule has 5 nitrogen and oxygen atoms in total. The number of nitrogens with one attached hydrogen (secondary N) is 1. The largest absolute Gasteiger partial charge is 0.507 e. The van der Waals surface area contributed by atoms with Crippen molar-refractivity contribution in [2.24, 2.45) is 0 Å². The maximum absolute atomic E-state index is 12.0. The number of benzene rings is 1. The fraction of sp³-hybridized carbons (Fsp3) is 0.267. The van der Waals surface area contributed by atoms with E-state index in [0.717, 1.165) is 5.56 Å². The van der Waals surface area contributed by atoms with Crippen LogP contribution in [0.15, 0.2) is 34.9 Å². The van der Waals surface area contributed by atoms with Crippen molar-refractivity contribution in [1.29, 1.82) is 0 Å². The molecular formula is C15H17NO4. The van der Waals surface area contributed by atoms with Crippen molar-refractivity contribution in [1.82, 2.24) is 5.32 Å². The van der Waals surface area contributed by atoms with Crippen LogP contribution >= 0.6 is 0 Å². The van der Waals surface area contributed by atoms with Crippen molar-refractivity contribution in [2.45, 2.75) is 20.0 Å². The molecule has 3 N–H and O–H groups in total. The zero-order chi connectivity index (χ0) is 14.7. The Labute approximate surface area is 116 Å². The third-order valence-corrected chi connectivity index (χ3v) is 3.27. The second-order valence-electron chi connectivity index (χ2n) is 4.64. The number of aliphatic hydroxyl groups is 1.